The highest BCUT2D eigenvalue weighted by atomic mass is 35.5. The summed E-state index contributed by atoms with van der Waals surface area (Å²) in [7, 11) is 0. The third-order valence-corrected chi connectivity index (χ3v) is 3.15. The lowest BCUT2D eigenvalue weighted by Crippen LogP contribution is -2.14. The molecule has 17 heavy (non-hydrogen) atoms. The molecule has 0 saturated carbocycles. The molecular weight excluding hydrogens is 236 g/mol. The molecule has 1 unspecified atom stereocenters. The molecule has 2 rings (SSSR count). The van der Waals surface area contributed by atoms with Crippen LogP contribution in [0.3, 0.4) is 0 Å². The summed E-state index contributed by atoms with van der Waals surface area (Å²) in [4.78, 5) is 4.27. The van der Waals surface area contributed by atoms with Crippen molar-refractivity contribution in [2.45, 2.75) is 18.7 Å². The number of alkyl halides is 1. The summed E-state index contributed by atoms with van der Waals surface area (Å²) in [5.74, 6) is 1.00. The lowest BCUT2D eigenvalue weighted by Gasteiger charge is -2.11. The molecule has 0 bridgehead atoms. The minimum Gasteiger partial charge on any atom is -0.508 e. The van der Waals surface area contributed by atoms with Crippen molar-refractivity contribution in [1.29, 1.82) is 0 Å². The normalized spacial score (nSPS) is 12.6. The van der Waals surface area contributed by atoms with Crippen LogP contribution in [-0.4, -0.2) is 22.0 Å². The Balaban J connectivity index is 2.30. The summed E-state index contributed by atoms with van der Waals surface area (Å²) in [5.41, 5.74) is 0. The number of anilines is 1. The van der Waals surface area contributed by atoms with Gasteiger partial charge in [-0.2, -0.15) is 0 Å². The number of phenolic OH excluding ortho intramolecular Hbond substituents is 1. The highest BCUT2D eigenvalue weighted by Crippen LogP contribution is 2.25. The van der Waals surface area contributed by atoms with E-state index in [9.17, 15) is 5.11 Å². The van der Waals surface area contributed by atoms with Gasteiger partial charge in [0, 0.05) is 18.1 Å². The number of aromatic hydroxyl groups is 1. The SMILES string of the molecule is CCC(Cl)CNc1nccc2ccc(O)cc12. The molecule has 0 fully saturated rings. The van der Waals surface area contributed by atoms with Gasteiger partial charge in [-0.1, -0.05) is 13.0 Å². The first-order valence-corrected chi connectivity index (χ1v) is 6.10. The van der Waals surface area contributed by atoms with E-state index in [0.717, 1.165) is 23.0 Å². The molecular formula is C13H15ClN2O. The van der Waals surface area contributed by atoms with Gasteiger partial charge in [-0.3, -0.25) is 0 Å². The minimum atomic E-state index is 0.0874. The summed E-state index contributed by atoms with van der Waals surface area (Å²) >= 11 is 6.06. The Morgan fingerprint density at radius 3 is 3.00 bits per heavy atom. The Morgan fingerprint density at radius 2 is 2.24 bits per heavy atom. The van der Waals surface area contributed by atoms with Crippen molar-refractivity contribution in [3.63, 3.8) is 0 Å². The van der Waals surface area contributed by atoms with E-state index in [1.165, 1.54) is 0 Å². The molecule has 3 nitrogen and oxygen atoms in total. The summed E-state index contributed by atoms with van der Waals surface area (Å²) in [6.45, 7) is 2.71. The van der Waals surface area contributed by atoms with Crippen molar-refractivity contribution in [3.05, 3.63) is 30.5 Å². The predicted molar refractivity (Wildman–Crippen MR) is 71.8 cm³/mol. The van der Waals surface area contributed by atoms with E-state index in [-0.39, 0.29) is 11.1 Å². The highest BCUT2D eigenvalue weighted by molar-refractivity contribution is 6.20. The molecule has 2 N–H and O–H groups in total. The number of pyridine rings is 1. The van der Waals surface area contributed by atoms with Crippen LogP contribution in [0.15, 0.2) is 30.5 Å². The molecule has 0 aliphatic heterocycles. The number of phenols is 1. The average molecular weight is 251 g/mol. The number of hydrogen-bond donors (Lipinski definition) is 2. The lowest BCUT2D eigenvalue weighted by molar-refractivity contribution is 0.476. The van der Waals surface area contributed by atoms with Gasteiger partial charge < -0.3 is 10.4 Å². The topological polar surface area (TPSA) is 45.2 Å². The molecule has 90 valence electrons. The van der Waals surface area contributed by atoms with Gasteiger partial charge in [0.2, 0.25) is 0 Å². The molecule has 0 aliphatic rings. The number of rotatable bonds is 4. The van der Waals surface area contributed by atoms with Gasteiger partial charge in [-0.05, 0) is 30.0 Å². The fourth-order valence-corrected chi connectivity index (χ4v) is 1.73. The largest absolute Gasteiger partial charge is 0.508 e. The number of benzene rings is 1. The van der Waals surface area contributed by atoms with E-state index < -0.39 is 0 Å². The number of hydrogen-bond acceptors (Lipinski definition) is 3. The maximum Gasteiger partial charge on any atom is 0.133 e. The van der Waals surface area contributed by atoms with Crippen LogP contribution in [0.1, 0.15) is 13.3 Å². The first-order valence-electron chi connectivity index (χ1n) is 5.66. The first-order chi connectivity index (χ1) is 8.20. The van der Waals surface area contributed by atoms with Crippen molar-refractivity contribution in [1.82, 2.24) is 4.98 Å². The molecule has 0 spiro atoms. The molecule has 0 aliphatic carbocycles. The summed E-state index contributed by atoms with van der Waals surface area (Å²) in [5, 5.41) is 14.7. The highest BCUT2D eigenvalue weighted by Gasteiger charge is 2.05. The maximum absolute atomic E-state index is 9.50. The lowest BCUT2D eigenvalue weighted by atomic mass is 10.1. The van der Waals surface area contributed by atoms with Crippen LogP contribution < -0.4 is 5.32 Å². The van der Waals surface area contributed by atoms with Crippen molar-refractivity contribution in [2.75, 3.05) is 11.9 Å². The molecule has 1 heterocycles. The van der Waals surface area contributed by atoms with Crippen molar-refractivity contribution >= 4 is 28.2 Å². The van der Waals surface area contributed by atoms with Gasteiger partial charge >= 0.3 is 0 Å². The minimum absolute atomic E-state index is 0.0874. The molecule has 1 aromatic heterocycles. The van der Waals surface area contributed by atoms with E-state index in [4.69, 9.17) is 11.6 Å². The zero-order chi connectivity index (χ0) is 12.3. The van der Waals surface area contributed by atoms with E-state index >= 15 is 0 Å². The van der Waals surface area contributed by atoms with Crippen LogP contribution in [-0.2, 0) is 0 Å². The van der Waals surface area contributed by atoms with Crippen LogP contribution in [0.5, 0.6) is 5.75 Å². The van der Waals surface area contributed by atoms with Crippen molar-refractivity contribution in [3.8, 4) is 5.75 Å². The number of nitrogens with one attached hydrogen (secondary N) is 1. The smallest absolute Gasteiger partial charge is 0.133 e. The summed E-state index contributed by atoms with van der Waals surface area (Å²) < 4.78 is 0. The van der Waals surface area contributed by atoms with Gasteiger partial charge in [0.1, 0.15) is 11.6 Å². The summed E-state index contributed by atoms with van der Waals surface area (Å²) in [6, 6.07) is 7.16. The Bertz CT molecular complexity index is 516. The van der Waals surface area contributed by atoms with Gasteiger partial charge in [0.25, 0.3) is 0 Å². The second kappa shape index (κ2) is 5.23. The molecule has 0 saturated heterocycles. The molecule has 2 aromatic rings. The van der Waals surface area contributed by atoms with Crippen LogP contribution in [0.4, 0.5) is 5.82 Å². The monoisotopic (exact) mass is 250 g/mol. The molecule has 1 aromatic carbocycles. The third-order valence-electron chi connectivity index (χ3n) is 2.68. The predicted octanol–water partition coefficient (Wildman–Crippen LogP) is 3.37. The van der Waals surface area contributed by atoms with Crippen molar-refractivity contribution < 1.29 is 5.11 Å². The fourth-order valence-electron chi connectivity index (χ4n) is 1.65. The maximum atomic E-state index is 9.50. The first kappa shape index (κ1) is 12.0. The van der Waals surface area contributed by atoms with E-state index in [2.05, 4.69) is 10.3 Å². The zero-order valence-corrected chi connectivity index (χ0v) is 10.4. The number of fused-ring (bicyclic) bond motifs is 1. The number of nitrogens with zero attached hydrogens (tertiary/aromatic N) is 1. The molecule has 0 radical (unpaired) electrons. The molecule has 4 heteroatoms. The van der Waals surface area contributed by atoms with Gasteiger partial charge in [-0.15, -0.1) is 11.6 Å². The Hall–Kier alpha value is -1.48. The van der Waals surface area contributed by atoms with Crippen LogP contribution in [0.2, 0.25) is 0 Å². The van der Waals surface area contributed by atoms with Gasteiger partial charge in [0.15, 0.2) is 0 Å². The molecule has 1 atom stereocenters. The Kier molecular flexibility index (Phi) is 3.69. The van der Waals surface area contributed by atoms with Crippen LogP contribution >= 0.6 is 11.6 Å². The van der Waals surface area contributed by atoms with Gasteiger partial charge in [-0.25, -0.2) is 4.98 Å². The Morgan fingerprint density at radius 1 is 1.41 bits per heavy atom. The van der Waals surface area contributed by atoms with Crippen LogP contribution in [0, 0.1) is 0 Å². The van der Waals surface area contributed by atoms with Gasteiger partial charge in [0.05, 0.1) is 5.38 Å². The number of aromatic nitrogens is 1. The standard InChI is InChI=1S/C13H15ClN2O/c1-2-10(14)8-16-13-12-7-11(17)4-3-9(12)5-6-15-13/h3-7,10,17H,2,8H2,1H3,(H,15,16). The second-order valence-electron chi connectivity index (χ2n) is 3.95. The van der Waals surface area contributed by atoms with E-state index in [1.807, 2.05) is 19.1 Å². The second-order valence-corrected chi connectivity index (χ2v) is 4.57. The van der Waals surface area contributed by atoms with E-state index in [0.29, 0.717) is 6.54 Å². The average Bonchev–Trinajstić information content (AvgIpc) is 2.35. The third kappa shape index (κ3) is 2.80. The quantitative estimate of drug-likeness (QED) is 0.818. The fraction of sp³-hybridized carbons (Fsp3) is 0.308. The molecule has 0 amide bonds. The van der Waals surface area contributed by atoms with Crippen LogP contribution in [0.25, 0.3) is 10.8 Å². The van der Waals surface area contributed by atoms with Crippen molar-refractivity contribution in [2.24, 2.45) is 0 Å². The Labute approximate surface area is 105 Å². The van der Waals surface area contributed by atoms with E-state index in [1.54, 1.807) is 18.3 Å². The zero-order valence-electron chi connectivity index (χ0n) is 9.65. The number of halogens is 1. The summed E-state index contributed by atoms with van der Waals surface area (Å²) in [6.07, 6.45) is 2.65.